The number of carbonyl (C=O) groups excluding carboxylic acids is 1. The Morgan fingerprint density at radius 1 is 1.37 bits per heavy atom. The third-order valence-corrected chi connectivity index (χ3v) is 2.76. The van der Waals surface area contributed by atoms with Crippen LogP contribution in [0.1, 0.15) is 12.0 Å². The number of carbonyl (C=O) groups is 2. The fourth-order valence-corrected chi connectivity index (χ4v) is 1.72. The zero-order valence-electron chi connectivity index (χ0n) is 10.1. The molecule has 0 aliphatic carbocycles. The van der Waals surface area contributed by atoms with Crippen molar-refractivity contribution in [2.75, 3.05) is 0 Å². The maximum Gasteiger partial charge on any atom is 0.321 e. The second kappa shape index (κ2) is 5.53. The van der Waals surface area contributed by atoms with Crippen molar-refractivity contribution in [3.63, 3.8) is 0 Å². The van der Waals surface area contributed by atoms with Gasteiger partial charge in [-0.05, 0) is 6.07 Å². The lowest BCUT2D eigenvalue weighted by Gasteiger charge is -2.07. The molecule has 19 heavy (non-hydrogen) atoms. The number of nitrogens with one attached hydrogen (secondary N) is 1. The molecule has 1 aromatic carbocycles. The molecule has 1 heterocycles. The number of hydrogen-bond donors (Lipinski definition) is 3. The van der Waals surface area contributed by atoms with Crippen LogP contribution in [0.5, 0.6) is 0 Å². The predicted octanol–water partition coefficient (Wildman–Crippen LogP) is 0.851. The molecule has 100 valence electrons. The van der Waals surface area contributed by atoms with Crippen LogP contribution < -0.4 is 11.1 Å². The number of para-hydroxylation sites is 1. The highest BCUT2D eigenvalue weighted by Gasteiger charge is 2.16. The summed E-state index contributed by atoms with van der Waals surface area (Å²) >= 11 is 0. The van der Waals surface area contributed by atoms with Gasteiger partial charge in [0.05, 0.1) is 12.7 Å². The molecule has 0 bridgehead atoms. The summed E-state index contributed by atoms with van der Waals surface area (Å²) in [6.45, 7) is 0.280. The molecular formula is C13H14N2O4. The summed E-state index contributed by atoms with van der Waals surface area (Å²) in [5, 5.41) is 12.1. The number of aliphatic carboxylic acids is 1. The van der Waals surface area contributed by atoms with Crippen molar-refractivity contribution in [2.24, 2.45) is 5.73 Å². The van der Waals surface area contributed by atoms with Crippen LogP contribution in [-0.4, -0.2) is 23.0 Å². The molecule has 2 aromatic rings. The number of hydrogen-bond acceptors (Lipinski definition) is 4. The fraction of sp³-hybridized carbons (Fsp3) is 0.231. The van der Waals surface area contributed by atoms with Gasteiger partial charge in [-0.15, -0.1) is 0 Å². The fourth-order valence-electron chi connectivity index (χ4n) is 1.72. The first-order valence-electron chi connectivity index (χ1n) is 5.78. The smallest absolute Gasteiger partial charge is 0.321 e. The van der Waals surface area contributed by atoms with E-state index in [1.165, 1.54) is 0 Å². The van der Waals surface area contributed by atoms with E-state index in [0.29, 0.717) is 0 Å². The molecule has 0 fully saturated rings. The van der Waals surface area contributed by atoms with Crippen molar-refractivity contribution in [2.45, 2.75) is 19.0 Å². The average Bonchev–Trinajstić information content (AvgIpc) is 2.79. The number of furan rings is 1. The first-order chi connectivity index (χ1) is 9.08. The van der Waals surface area contributed by atoms with Crippen LogP contribution in [0.2, 0.25) is 0 Å². The minimum absolute atomic E-state index is 0.245. The van der Waals surface area contributed by atoms with Gasteiger partial charge < -0.3 is 20.6 Å². The molecule has 1 unspecified atom stereocenters. The topological polar surface area (TPSA) is 106 Å². The minimum Gasteiger partial charge on any atom is -0.480 e. The SMILES string of the molecule is NC(CC(=O)NCc1coc2ccccc12)C(=O)O. The Kier molecular flexibility index (Phi) is 3.82. The van der Waals surface area contributed by atoms with Crippen LogP contribution in [0, 0.1) is 0 Å². The third kappa shape index (κ3) is 3.11. The summed E-state index contributed by atoms with van der Waals surface area (Å²) in [4.78, 5) is 22.0. The molecule has 0 aliphatic heterocycles. The molecule has 1 amide bonds. The molecule has 0 aliphatic rings. The van der Waals surface area contributed by atoms with E-state index in [-0.39, 0.29) is 13.0 Å². The van der Waals surface area contributed by atoms with E-state index in [0.717, 1.165) is 16.5 Å². The van der Waals surface area contributed by atoms with Gasteiger partial charge in [0.2, 0.25) is 5.91 Å². The van der Waals surface area contributed by atoms with Crippen molar-refractivity contribution in [3.8, 4) is 0 Å². The van der Waals surface area contributed by atoms with Crippen molar-refractivity contribution in [1.29, 1.82) is 0 Å². The summed E-state index contributed by atoms with van der Waals surface area (Å²) in [7, 11) is 0. The molecule has 1 aromatic heterocycles. The quantitative estimate of drug-likeness (QED) is 0.740. The Morgan fingerprint density at radius 2 is 2.11 bits per heavy atom. The molecular weight excluding hydrogens is 248 g/mol. The number of carboxylic acids is 1. The van der Waals surface area contributed by atoms with E-state index in [2.05, 4.69) is 5.32 Å². The van der Waals surface area contributed by atoms with E-state index in [1.807, 2.05) is 24.3 Å². The summed E-state index contributed by atoms with van der Waals surface area (Å²) in [6.07, 6.45) is 1.33. The Balaban J connectivity index is 1.95. The number of amides is 1. The zero-order chi connectivity index (χ0) is 13.8. The zero-order valence-corrected chi connectivity index (χ0v) is 10.1. The molecule has 0 radical (unpaired) electrons. The van der Waals surface area contributed by atoms with Crippen LogP contribution in [0.3, 0.4) is 0 Å². The van der Waals surface area contributed by atoms with Gasteiger partial charge in [0.25, 0.3) is 0 Å². The van der Waals surface area contributed by atoms with Gasteiger partial charge in [0.1, 0.15) is 11.6 Å². The van der Waals surface area contributed by atoms with Gasteiger partial charge in [0, 0.05) is 17.5 Å². The molecule has 6 heteroatoms. The predicted molar refractivity (Wildman–Crippen MR) is 68.3 cm³/mol. The lowest BCUT2D eigenvalue weighted by atomic mass is 10.1. The van der Waals surface area contributed by atoms with Crippen molar-refractivity contribution in [1.82, 2.24) is 5.32 Å². The summed E-state index contributed by atoms with van der Waals surface area (Å²) in [5.74, 6) is -1.59. The number of benzene rings is 1. The highest BCUT2D eigenvalue weighted by molar-refractivity contribution is 5.85. The molecule has 6 nitrogen and oxygen atoms in total. The lowest BCUT2D eigenvalue weighted by molar-refractivity contribution is -0.140. The lowest BCUT2D eigenvalue weighted by Crippen LogP contribution is -2.36. The first-order valence-corrected chi connectivity index (χ1v) is 5.78. The van der Waals surface area contributed by atoms with E-state index in [4.69, 9.17) is 15.3 Å². The van der Waals surface area contributed by atoms with Gasteiger partial charge in [0.15, 0.2) is 0 Å². The molecule has 0 spiro atoms. The summed E-state index contributed by atoms with van der Waals surface area (Å²) in [5.41, 5.74) is 6.86. The third-order valence-electron chi connectivity index (χ3n) is 2.76. The van der Waals surface area contributed by atoms with Gasteiger partial charge in [-0.3, -0.25) is 9.59 Å². The molecule has 1 atom stereocenters. The van der Waals surface area contributed by atoms with Crippen molar-refractivity contribution >= 4 is 22.8 Å². The van der Waals surface area contributed by atoms with Crippen LogP contribution in [0.15, 0.2) is 34.9 Å². The molecule has 0 saturated carbocycles. The van der Waals surface area contributed by atoms with Crippen molar-refractivity contribution < 1.29 is 19.1 Å². The van der Waals surface area contributed by atoms with E-state index in [1.54, 1.807) is 6.26 Å². The van der Waals surface area contributed by atoms with Crippen LogP contribution in [0.4, 0.5) is 0 Å². The van der Waals surface area contributed by atoms with Crippen LogP contribution in [-0.2, 0) is 16.1 Å². The largest absolute Gasteiger partial charge is 0.480 e. The standard InChI is InChI=1S/C13H14N2O4/c14-10(13(17)18)5-12(16)15-6-8-7-19-11-4-2-1-3-9(8)11/h1-4,7,10H,5-6,14H2,(H,15,16)(H,17,18). The Bertz CT molecular complexity index is 605. The Labute approximate surface area is 109 Å². The molecule has 4 N–H and O–H groups in total. The van der Waals surface area contributed by atoms with Crippen molar-refractivity contribution in [3.05, 3.63) is 36.1 Å². The number of nitrogens with two attached hydrogens (primary N) is 1. The normalized spacial score (nSPS) is 12.3. The summed E-state index contributed by atoms with van der Waals surface area (Å²) in [6, 6.07) is 6.29. The summed E-state index contributed by atoms with van der Waals surface area (Å²) < 4.78 is 5.33. The van der Waals surface area contributed by atoms with Crippen LogP contribution in [0.25, 0.3) is 11.0 Å². The maximum absolute atomic E-state index is 11.5. The molecule has 0 saturated heterocycles. The van der Waals surface area contributed by atoms with Gasteiger partial charge in [-0.1, -0.05) is 18.2 Å². The van der Waals surface area contributed by atoms with E-state index >= 15 is 0 Å². The average molecular weight is 262 g/mol. The minimum atomic E-state index is -1.19. The van der Waals surface area contributed by atoms with E-state index < -0.39 is 17.9 Å². The number of carboxylic acid groups (broad SMARTS) is 1. The second-order valence-electron chi connectivity index (χ2n) is 4.18. The van der Waals surface area contributed by atoms with Gasteiger partial charge in [-0.25, -0.2) is 0 Å². The highest BCUT2D eigenvalue weighted by Crippen LogP contribution is 2.20. The van der Waals surface area contributed by atoms with Gasteiger partial charge >= 0.3 is 5.97 Å². The second-order valence-corrected chi connectivity index (χ2v) is 4.18. The molecule has 2 rings (SSSR count). The Morgan fingerprint density at radius 3 is 2.84 bits per heavy atom. The Hall–Kier alpha value is -2.34. The van der Waals surface area contributed by atoms with Gasteiger partial charge in [-0.2, -0.15) is 0 Å². The number of fused-ring (bicyclic) bond motifs is 1. The van der Waals surface area contributed by atoms with E-state index in [9.17, 15) is 9.59 Å². The number of rotatable bonds is 5. The maximum atomic E-state index is 11.5. The highest BCUT2D eigenvalue weighted by atomic mass is 16.4. The van der Waals surface area contributed by atoms with Crippen LogP contribution >= 0.6 is 0 Å². The first kappa shape index (κ1) is 13.1. The monoisotopic (exact) mass is 262 g/mol.